The second kappa shape index (κ2) is 8.58. The van der Waals surface area contributed by atoms with Gasteiger partial charge < -0.3 is 0 Å². The molecule has 0 atom stereocenters. The Morgan fingerprint density at radius 3 is 1.97 bits per heavy atom. The second-order valence-corrected chi connectivity index (χ2v) is 8.17. The van der Waals surface area contributed by atoms with Crippen molar-refractivity contribution < 1.29 is 21.6 Å². The minimum Gasteiger partial charge on any atom is -0.280 e. The lowest BCUT2D eigenvalue weighted by atomic mass is 10.1. The predicted molar refractivity (Wildman–Crippen MR) is 111 cm³/mol. The highest BCUT2D eigenvalue weighted by Gasteiger charge is 2.29. The molecule has 2 N–H and O–H groups in total. The van der Waals surface area contributed by atoms with Crippen LogP contribution in [0.2, 0.25) is 0 Å². The molecule has 0 aliphatic heterocycles. The summed E-state index contributed by atoms with van der Waals surface area (Å²) < 4.78 is 64.9. The molecular formula is C21H18F3N3O2S. The Kier molecular flexibility index (Phi) is 6.12. The third-order valence-electron chi connectivity index (χ3n) is 4.11. The zero-order chi connectivity index (χ0) is 21.8. The molecule has 0 amide bonds. The molecule has 0 unspecified atom stereocenters. The number of sulfonamides is 1. The molecule has 0 saturated heterocycles. The van der Waals surface area contributed by atoms with E-state index in [2.05, 4.69) is 15.2 Å². The first-order valence-corrected chi connectivity index (χ1v) is 10.3. The number of hydrogen-bond donors (Lipinski definition) is 2. The maximum Gasteiger partial charge on any atom is 0.416 e. The molecule has 0 spiro atoms. The van der Waals surface area contributed by atoms with Crippen molar-refractivity contribution in [2.45, 2.75) is 18.0 Å². The molecule has 0 fully saturated rings. The number of hydrogen-bond acceptors (Lipinski definition) is 4. The van der Waals surface area contributed by atoms with Crippen LogP contribution in [0.15, 0.2) is 82.8 Å². The zero-order valence-electron chi connectivity index (χ0n) is 15.8. The molecule has 30 heavy (non-hydrogen) atoms. The van der Waals surface area contributed by atoms with Gasteiger partial charge >= 0.3 is 6.18 Å². The molecule has 0 saturated carbocycles. The van der Waals surface area contributed by atoms with Crippen molar-refractivity contribution in [3.63, 3.8) is 0 Å². The van der Waals surface area contributed by atoms with Crippen LogP contribution in [-0.4, -0.2) is 14.6 Å². The van der Waals surface area contributed by atoms with Crippen LogP contribution >= 0.6 is 0 Å². The third-order valence-corrected chi connectivity index (χ3v) is 5.51. The summed E-state index contributed by atoms with van der Waals surface area (Å²) in [6, 6.07) is 17.5. The minimum atomic E-state index is -4.38. The van der Waals surface area contributed by atoms with Gasteiger partial charge in [0, 0.05) is 5.69 Å². The average Bonchev–Trinajstić information content (AvgIpc) is 2.69. The Morgan fingerprint density at radius 2 is 1.40 bits per heavy atom. The number of nitrogens with zero attached hydrogens (tertiary/aromatic N) is 1. The first-order valence-electron chi connectivity index (χ1n) is 8.79. The Morgan fingerprint density at radius 1 is 0.833 bits per heavy atom. The van der Waals surface area contributed by atoms with E-state index in [-0.39, 0.29) is 4.90 Å². The quantitative estimate of drug-likeness (QED) is 0.412. The van der Waals surface area contributed by atoms with Crippen LogP contribution in [0.5, 0.6) is 0 Å². The van der Waals surface area contributed by atoms with Crippen LogP contribution in [-0.2, 0) is 16.2 Å². The fourth-order valence-corrected chi connectivity index (χ4v) is 3.54. The van der Waals surface area contributed by atoms with Crippen LogP contribution in [0.3, 0.4) is 0 Å². The van der Waals surface area contributed by atoms with Gasteiger partial charge in [0.05, 0.1) is 22.4 Å². The Hall–Kier alpha value is -3.33. The van der Waals surface area contributed by atoms with Gasteiger partial charge in [0.15, 0.2) is 0 Å². The minimum absolute atomic E-state index is 0.163. The molecule has 0 aliphatic rings. The van der Waals surface area contributed by atoms with Crippen molar-refractivity contribution in [1.82, 2.24) is 0 Å². The average molecular weight is 433 g/mol. The van der Waals surface area contributed by atoms with E-state index >= 15 is 0 Å². The van der Waals surface area contributed by atoms with Gasteiger partial charge in [0.25, 0.3) is 10.0 Å². The van der Waals surface area contributed by atoms with Crippen molar-refractivity contribution in [1.29, 1.82) is 0 Å². The van der Waals surface area contributed by atoms with Gasteiger partial charge in [-0.2, -0.15) is 18.3 Å². The van der Waals surface area contributed by atoms with Gasteiger partial charge in [0.2, 0.25) is 0 Å². The number of halogens is 3. The summed E-state index contributed by atoms with van der Waals surface area (Å²) in [4.78, 5) is 0.163. The number of hydrazone groups is 1. The standard InChI is InChI=1S/C21H18F3N3O2S/c1-15-2-12-20(13-3-15)30(28,29)27-19-10-8-18(9-11-19)26-25-14-16-4-6-17(7-5-16)21(22,23)24/h2-14,26-27H,1H3/b25-14-. The molecule has 3 aromatic rings. The van der Waals surface area contributed by atoms with Gasteiger partial charge in [0.1, 0.15) is 0 Å². The van der Waals surface area contributed by atoms with E-state index in [4.69, 9.17) is 0 Å². The lowest BCUT2D eigenvalue weighted by Gasteiger charge is -2.09. The van der Waals surface area contributed by atoms with E-state index in [1.807, 2.05) is 6.92 Å². The normalized spacial score (nSPS) is 12.1. The van der Waals surface area contributed by atoms with Crippen LogP contribution < -0.4 is 10.1 Å². The fourth-order valence-electron chi connectivity index (χ4n) is 2.48. The van der Waals surface area contributed by atoms with E-state index in [1.165, 1.54) is 30.5 Å². The molecular weight excluding hydrogens is 415 g/mol. The molecule has 3 rings (SSSR count). The topological polar surface area (TPSA) is 70.6 Å². The molecule has 0 bridgehead atoms. The summed E-state index contributed by atoms with van der Waals surface area (Å²) in [5.74, 6) is 0. The number of aryl methyl sites for hydroxylation is 1. The van der Waals surface area contributed by atoms with Crippen molar-refractivity contribution in [2.75, 3.05) is 10.1 Å². The highest BCUT2D eigenvalue weighted by Crippen LogP contribution is 2.28. The first kappa shape index (κ1) is 21.4. The van der Waals surface area contributed by atoms with Gasteiger partial charge in [-0.25, -0.2) is 8.42 Å². The van der Waals surface area contributed by atoms with Gasteiger partial charge in [-0.1, -0.05) is 29.8 Å². The summed E-state index contributed by atoms with van der Waals surface area (Å²) in [7, 11) is -3.69. The highest BCUT2D eigenvalue weighted by atomic mass is 32.2. The molecule has 9 heteroatoms. The summed E-state index contributed by atoms with van der Waals surface area (Å²) in [5.41, 5.74) is 4.43. The van der Waals surface area contributed by atoms with Crippen molar-refractivity contribution >= 4 is 27.6 Å². The van der Waals surface area contributed by atoms with Crippen molar-refractivity contribution in [2.24, 2.45) is 5.10 Å². The smallest absolute Gasteiger partial charge is 0.280 e. The second-order valence-electron chi connectivity index (χ2n) is 6.49. The van der Waals surface area contributed by atoms with Crippen LogP contribution in [0, 0.1) is 6.92 Å². The maximum atomic E-state index is 12.6. The van der Waals surface area contributed by atoms with Crippen LogP contribution in [0.1, 0.15) is 16.7 Å². The van der Waals surface area contributed by atoms with Crippen molar-refractivity contribution in [3.05, 3.63) is 89.5 Å². The summed E-state index contributed by atoms with van der Waals surface area (Å²) in [6.45, 7) is 1.87. The SMILES string of the molecule is Cc1ccc(S(=O)(=O)Nc2ccc(N/N=C\c3ccc(C(F)(F)F)cc3)cc2)cc1. The fraction of sp³-hybridized carbons (Fsp3) is 0.0952. The lowest BCUT2D eigenvalue weighted by molar-refractivity contribution is -0.137. The van der Waals surface area contributed by atoms with E-state index in [0.717, 1.165) is 17.7 Å². The monoisotopic (exact) mass is 433 g/mol. The third kappa shape index (κ3) is 5.60. The van der Waals surface area contributed by atoms with Crippen LogP contribution in [0.25, 0.3) is 0 Å². The summed E-state index contributed by atoms with van der Waals surface area (Å²) in [6.07, 6.45) is -3.00. The number of alkyl halides is 3. The molecule has 0 aliphatic carbocycles. The number of anilines is 2. The molecule has 0 heterocycles. The molecule has 0 aromatic heterocycles. The van der Waals surface area contributed by atoms with E-state index in [9.17, 15) is 21.6 Å². The van der Waals surface area contributed by atoms with E-state index in [1.54, 1.807) is 36.4 Å². The zero-order valence-corrected chi connectivity index (χ0v) is 16.6. The maximum absolute atomic E-state index is 12.6. The molecule has 5 nitrogen and oxygen atoms in total. The van der Waals surface area contributed by atoms with Gasteiger partial charge in [-0.15, -0.1) is 0 Å². The first-order chi connectivity index (χ1) is 14.1. The Bertz CT molecular complexity index is 1120. The Balaban J connectivity index is 1.60. The lowest BCUT2D eigenvalue weighted by Crippen LogP contribution is -2.12. The Labute approximate surface area is 172 Å². The van der Waals surface area contributed by atoms with Gasteiger partial charge in [-0.05, 0) is 61.0 Å². The number of rotatable bonds is 6. The van der Waals surface area contributed by atoms with E-state index in [0.29, 0.717) is 16.9 Å². The predicted octanol–water partition coefficient (Wildman–Crippen LogP) is 5.26. The number of benzene rings is 3. The summed E-state index contributed by atoms with van der Waals surface area (Å²) in [5, 5.41) is 3.97. The van der Waals surface area contributed by atoms with Crippen molar-refractivity contribution in [3.8, 4) is 0 Å². The highest BCUT2D eigenvalue weighted by molar-refractivity contribution is 7.92. The van der Waals surface area contributed by atoms with E-state index < -0.39 is 21.8 Å². The van der Waals surface area contributed by atoms with Crippen LogP contribution in [0.4, 0.5) is 24.5 Å². The molecule has 0 radical (unpaired) electrons. The van der Waals surface area contributed by atoms with Gasteiger partial charge in [-0.3, -0.25) is 10.1 Å². The molecule has 156 valence electrons. The largest absolute Gasteiger partial charge is 0.416 e. The summed E-state index contributed by atoms with van der Waals surface area (Å²) >= 11 is 0. The number of nitrogens with one attached hydrogen (secondary N) is 2. The molecule has 3 aromatic carbocycles.